The maximum absolute atomic E-state index is 2.39. The molecular formula is C17H28. The SMILES string of the molecule is CCC(C)C(CC(C)(C)C)c1ccc(C)cc1. The van der Waals surface area contributed by atoms with Crippen LogP contribution in [0.15, 0.2) is 24.3 Å². The summed E-state index contributed by atoms with van der Waals surface area (Å²) in [6.45, 7) is 13.9. The first-order chi connectivity index (χ1) is 7.83. The molecule has 0 aliphatic rings. The highest BCUT2D eigenvalue weighted by Gasteiger charge is 2.24. The Bertz CT molecular complexity index is 326. The molecule has 2 atom stereocenters. The first kappa shape index (κ1) is 14.3. The summed E-state index contributed by atoms with van der Waals surface area (Å²) >= 11 is 0. The van der Waals surface area contributed by atoms with Crippen LogP contribution in [-0.4, -0.2) is 0 Å². The molecule has 0 aliphatic carbocycles. The molecular weight excluding hydrogens is 204 g/mol. The molecule has 0 fully saturated rings. The Morgan fingerprint density at radius 1 is 1.06 bits per heavy atom. The monoisotopic (exact) mass is 232 g/mol. The Kier molecular flexibility index (Phi) is 4.80. The van der Waals surface area contributed by atoms with Crippen molar-refractivity contribution in [2.75, 3.05) is 0 Å². The second-order valence-corrected chi connectivity index (χ2v) is 6.67. The molecule has 2 unspecified atom stereocenters. The van der Waals surface area contributed by atoms with Crippen molar-refractivity contribution in [1.82, 2.24) is 0 Å². The molecule has 0 amide bonds. The summed E-state index contributed by atoms with van der Waals surface area (Å²) in [5, 5.41) is 0. The van der Waals surface area contributed by atoms with Gasteiger partial charge in [-0.1, -0.05) is 70.9 Å². The summed E-state index contributed by atoms with van der Waals surface area (Å²) < 4.78 is 0. The Morgan fingerprint density at radius 2 is 1.59 bits per heavy atom. The Hall–Kier alpha value is -0.780. The molecule has 0 N–H and O–H groups in total. The van der Waals surface area contributed by atoms with Crippen LogP contribution in [0, 0.1) is 18.3 Å². The standard InChI is InChI=1S/C17H28/c1-7-14(3)16(12-17(4,5)6)15-10-8-13(2)9-11-15/h8-11,14,16H,7,12H2,1-6H3. The van der Waals surface area contributed by atoms with Gasteiger partial charge in [0.15, 0.2) is 0 Å². The van der Waals surface area contributed by atoms with Crippen molar-refractivity contribution in [2.45, 2.75) is 60.3 Å². The third-order valence-corrected chi connectivity index (χ3v) is 3.67. The second-order valence-electron chi connectivity index (χ2n) is 6.67. The molecule has 1 aromatic rings. The van der Waals surface area contributed by atoms with Crippen molar-refractivity contribution in [3.05, 3.63) is 35.4 Å². The quantitative estimate of drug-likeness (QED) is 0.637. The normalized spacial score (nSPS) is 15.6. The van der Waals surface area contributed by atoms with E-state index in [1.54, 1.807) is 0 Å². The van der Waals surface area contributed by atoms with Crippen LogP contribution in [0.4, 0.5) is 0 Å². The van der Waals surface area contributed by atoms with E-state index in [2.05, 4.69) is 65.8 Å². The van der Waals surface area contributed by atoms with E-state index >= 15 is 0 Å². The van der Waals surface area contributed by atoms with Crippen LogP contribution in [0.1, 0.15) is 64.5 Å². The summed E-state index contributed by atoms with van der Waals surface area (Å²) in [6, 6.07) is 9.12. The molecule has 17 heavy (non-hydrogen) atoms. The molecule has 0 spiro atoms. The lowest BCUT2D eigenvalue weighted by atomic mass is 9.75. The van der Waals surface area contributed by atoms with Crippen molar-refractivity contribution in [3.8, 4) is 0 Å². The minimum atomic E-state index is 0.402. The zero-order chi connectivity index (χ0) is 13.1. The largest absolute Gasteiger partial charge is 0.0651 e. The molecule has 96 valence electrons. The van der Waals surface area contributed by atoms with Gasteiger partial charge in [0.05, 0.1) is 0 Å². The lowest BCUT2D eigenvalue weighted by Gasteiger charge is -2.30. The minimum absolute atomic E-state index is 0.402. The maximum Gasteiger partial charge on any atom is -0.0131 e. The molecule has 0 bridgehead atoms. The van der Waals surface area contributed by atoms with E-state index < -0.39 is 0 Å². The van der Waals surface area contributed by atoms with Gasteiger partial charge in [-0.25, -0.2) is 0 Å². The Morgan fingerprint density at radius 3 is 2.00 bits per heavy atom. The highest BCUT2D eigenvalue weighted by Crippen LogP contribution is 2.37. The number of benzene rings is 1. The molecule has 0 aromatic heterocycles. The van der Waals surface area contributed by atoms with Gasteiger partial charge in [-0.3, -0.25) is 0 Å². The van der Waals surface area contributed by atoms with Gasteiger partial charge in [0.25, 0.3) is 0 Å². The predicted octanol–water partition coefficient (Wildman–Crippen LogP) is 5.56. The van der Waals surface area contributed by atoms with Gasteiger partial charge in [-0.05, 0) is 36.2 Å². The predicted molar refractivity (Wildman–Crippen MR) is 77.4 cm³/mol. The van der Waals surface area contributed by atoms with Crippen molar-refractivity contribution < 1.29 is 0 Å². The highest BCUT2D eigenvalue weighted by atomic mass is 14.3. The van der Waals surface area contributed by atoms with Crippen LogP contribution in [0.2, 0.25) is 0 Å². The molecule has 0 saturated heterocycles. The molecule has 0 aliphatic heterocycles. The first-order valence-corrected chi connectivity index (χ1v) is 6.90. The minimum Gasteiger partial charge on any atom is -0.0651 e. The molecule has 0 heterocycles. The maximum atomic E-state index is 2.39. The van der Waals surface area contributed by atoms with E-state index in [4.69, 9.17) is 0 Å². The van der Waals surface area contributed by atoms with E-state index in [1.165, 1.54) is 24.0 Å². The fourth-order valence-electron chi connectivity index (χ4n) is 2.41. The van der Waals surface area contributed by atoms with Gasteiger partial charge in [-0.15, -0.1) is 0 Å². The van der Waals surface area contributed by atoms with Crippen LogP contribution in [0.5, 0.6) is 0 Å². The van der Waals surface area contributed by atoms with Crippen molar-refractivity contribution in [1.29, 1.82) is 0 Å². The number of rotatable bonds is 4. The summed E-state index contributed by atoms with van der Waals surface area (Å²) in [5.74, 6) is 1.46. The summed E-state index contributed by atoms with van der Waals surface area (Å²) in [5.41, 5.74) is 3.27. The average molecular weight is 232 g/mol. The number of hydrogen-bond donors (Lipinski definition) is 0. The first-order valence-electron chi connectivity index (χ1n) is 6.90. The molecule has 0 nitrogen and oxygen atoms in total. The van der Waals surface area contributed by atoms with E-state index in [1.807, 2.05) is 0 Å². The molecule has 1 rings (SSSR count). The zero-order valence-corrected chi connectivity index (χ0v) is 12.4. The van der Waals surface area contributed by atoms with Gasteiger partial charge in [0.2, 0.25) is 0 Å². The van der Waals surface area contributed by atoms with Crippen molar-refractivity contribution >= 4 is 0 Å². The number of aryl methyl sites for hydroxylation is 1. The van der Waals surface area contributed by atoms with Gasteiger partial charge in [0, 0.05) is 0 Å². The van der Waals surface area contributed by atoms with Crippen LogP contribution in [0.25, 0.3) is 0 Å². The summed E-state index contributed by atoms with van der Waals surface area (Å²) in [6.07, 6.45) is 2.53. The molecule has 0 heteroatoms. The van der Waals surface area contributed by atoms with Gasteiger partial charge >= 0.3 is 0 Å². The fraction of sp³-hybridized carbons (Fsp3) is 0.647. The zero-order valence-electron chi connectivity index (χ0n) is 12.4. The van der Waals surface area contributed by atoms with Gasteiger partial charge in [0.1, 0.15) is 0 Å². The smallest absolute Gasteiger partial charge is 0.0131 e. The van der Waals surface area contributed by atoms with E-state index in [9.17, 15) is 0 Å². The van der Waals surface area contributed by atoms with E-state index in [0.29, 0.717) is 11.3 Å². The van der Waals surface area contributed by atoms with Gasteiger partial charge < -0.3 is 0 Å². The second kappa shape index (κ2) is 5.71. The Labute approximate surface area is 107 Å². The lowest BCUT2D eigenvalue weighted by molar-refractivity contribution is 0.288. The average Bonchev–Trinajstić information content (AvgIpc) is 2.25. The summed E-state index contributed by atoms with van der Waals surface area (Å²) in [4.78, 5) is 0. The lowest BCUT2D eigenvalue weighted by Crippen LogP contribution is -2.17. The van der Waals surface area contributed by atoms with Crippen molar-refractivity contribution in [2.24, 2.45) is 11.3 Å². The van der Waals surface area contributed by atoms with Gasteiger partial charge in [-0.2, -0.15) is 0 Å². The summed E-state index contributed by atoms with van der Waals surface area (Å²) in [7, 11) is 0. The molecule has 1 aromatic carbocycles. The van der Waals surface area contributed by atoms with Crippen LogP contribution >= 0.6 is 0 Å². The van der Waals surface area contributed by atoms with E-state index in [-0.39, 0.29) is 0 Å². The van der Waals surface area contributed by atoms with E-state index in [0.717, 1.165) is 5.92 Å². The fourth-order valence-corrected chi connectivity index (χ4v) is 2.41. The Balaban J connectivity index is 2.94. The molecule has 0 saturated carbocycles. The third kappa shape index (κ3) is 4.53. The highest BCUT2D eigenvalue weighted by molar-refractivity contribution is 5.25. The van der Waals surface area contributed by atoms with Crippen LogP contribution < -0.4 is 0 Å². The number of hydrogen-bond acceptors (Lipinski definition) is 0. The third-order valence-electron chi connectivity index (χ3n) is 3.67. The van der Waals surface area contributed by atoms with Crippen molar-refractivity contribution in [3.63, 3.8) is 0 Å². The topological polar surface area (TPSA) is 0 Å². The van der Waals surface area contributed by atoms with Crippen LogP contribution in [0.3, 0.4) is 0 Å². The molecule has 0 radical (unpaired) electrons. The van der Waals surface area contributed by atoms with Crippen LogP contribution in [-0.2, 0) is 0 Å².